The molecule has 0 amide bonds. The summed E-state index contributed by atoms with van der Waals surface area (Å²) < 4.78 is 14.2. The summed E-state index contributed by atoms with van der Waals surface area (Å²) in [6.07, 6.45) is 16.7. The Balaban J connectivity index is 0.000000450. The SMILES string of the molecule is C=CC1CCC(C=C)C(C=C)C1.COC(=O)CCC1CCC(CCC(=O)OC)C(CCC(=O)OC)C1. The Labute approximate surface area is 218 Å². The van der Waals surface area contributed by atoms with Crippen LogP contribution >= 0.6 is 0 Å². The Kier molecular flexibility index (Phi) is 15.8. The van der Waals surface area contributed by atoms with Crippen molar-refractivity contribution in [1.82, 2.24) is 0 Å². The zero-order valence-corrected chi connectivity index (χ0v) is 22.8. The van der Waals surface area contributed by atoms with Crippen molar-refractivity contribution in [2.75, 3.05) is 21.3 Å². The fourth-order valence-corrected chi connectivity index (χ4v) is 5.69. The second-order valence-corrected chi connectivity index (χ2v) is 10.2. The van der Waals surface area contributed by atoms with E-state index >= 15 is 0 Å². The first-order valence-corrected chi connectivity index (χ1v) is 13.4. The van der Waals surface area contributed by atoms with E-state index in [0.29, 0.717) is 54.8 Å². The van der Waals surface area contributed by atoms with Crippen LogP contribution in [0.25, 0.3) is 0 Å². The number of hydrogen-bond acceptors (Lipinski definition) is 6. The maximum Gasteiger partial charge on any atom is 0.305 e. The van der Waals surface area contributed by atoms with Gasteiger partial charge in [0.15, 0.2) is 0 Å². The van der Waals surface area contributed by atoms with Gasteiger partial charge in [-0.2, -0.15) is 0 Å². The van der Waals surface area contributed by atoms with Crippen LogP contribution in [0.4, 0.5) is 0 Å². The molecular formula is C30H48O6. The third-order valence-corrected chi connectivity index (χ3v) is 8.06. The monoisotopic (exact) mass is 504 g/mol. The topological polar surface area (TPSA) is 78.9 Å². The molecule has 36 heavy (non-hydrogen) atoms. The minimum atomic E-state index is -0.196. The van der Waals surface area contributed by atoms with Crippen LogP contribution in [0, 0.1) is 35.5 Å². The Morgan fingerprint density at radius 3 is 1.67 bits per heavy atom. The van der Waals surface area contributed by atoms with E-state index in [2.05, 4.69) is 38.0 Å². The van der Waals surface area contributed by atoms with Crippen LogP contribution in [-0.2, 0) is 28.6 Å². The van der Waals surface area contributed by atoms with Gasteiger partial charge in [-0.3, -0.25) is 14.4 Å². The minimum Gasteiger partial charge on any atom is -0.469 e. The van der Waals surface area contributed by atoms with Crippen molar-refractivity contribution in [3.8, 4) is 0 Å². The van der Waals surface area contributed by atoms with Crippen molar-refractivity contribution >= 4 is 17.9 Å². The molecule has 0 bridgehead atoms. The molecule has 0 spiro atoms. The van der Waals surface area contributed by atoms with E-state index in [-0.39, 0.29) is 17.9 Å². The first-order chi connectivity index (χ1) is 17.3. The first-order valence-electron chi connectivity index (χ1n) is 13.4. The van der Waals surface area contributed by atoms with Crippen LogP contribution in [0.15, 0.2) is 38.0 Å². The lowest BCUT2D eigenvalue weighted by molar-refractivity contribution is -0.142. The van der Waals surface area contributed by atoms with Gasteiger partial charge in [0, 0.05) is 19.3 Å². The molecular weight excluding hydrogens is 456 g/mol. The van der Waals surface area contributed by atoms with Crippen molar-refractivity contribution in [1.29, 1.82) is 0 Å². The summed E-state index contributed by atoms with van der Waals surface area (Å²) in [7, 11) is 4.21. The number of carbonyl (C=O) groups is 3. The Hall–Kier alpha value is -2.37. The van der Waals surface area contributed by atoms with E-state index in [0.717, 1.165) is 38.5 Å². The van der Waals surface area contributed by atoms with Gasteiger partial charge in [0.1, 0.15) is 0 Å². The minimum absolute atomic E-state index is 0.172. The van der Waals surface area contributed by atoms with Crippen molar-refractivity contribution in [3.05, 3.63) is 38.0 Å². The molecule has 0 aromatic carbocycles. The van der Waals surface area contributed by atoms with Gasteiger partial charge in [0.05, 0.1) is 21.3 Å². The van der Waals surface area contributed by atoms with E-state index in [1.807, 2.05) is 0 Å². The zero-order chi connectivity index (χ0) is 26.9. The number of rotatable bonds is 12. The summed E-state index contributed by atoms with van der Waals surface area (Å²) in [5.41, 5.74) is 0. The number of carbonyl (C=O) groups excluding carboxylic acids is 3. The maximum absolute atomic E-state index is 11.5. The number of allylic oxidation sites excluding steroid dienone is 3. The van der Waals surface area contributed by atoms with Gasteiger partial charge < -0.3 is 14.2 Å². The molecule has 2 saturated carbocycles. The largest absolute Gasteiger partial charge is 0.469 e. The molecule has 6 heteroatoms. The van der Waals surface area contributed by atoms with Crippen molar-refractivity contribution in [2.24, 2.45) is 35.5 Å². The molecule has 6 unspecified atom stereocenters. The number of esters is 3. The Bertz CT molecular complexity index is 714. The van der Waals surface area contributed by atoms with E-state index in [1.54, 1.807) is 0 Å². The molecule has 0 saturated heterocycles. The van der Waals surface area contributed by atoms with Gasteiger partial charge in [-0.05, 0) is 86.9 Å². The Morgan fingerprint density at radius 1 is 0.639 bits per heavy atom. The maximum atomic E-state index is 11.5. The van der Waals surface area contributed by atoms with Gasteiger partial charge >= 0.3 is 17.9 Å². The fourth-order valence-electron chi connectivity index (χ4n) is 5.69. The number of hydrogen-bond donors (Lipinski definition) is 0. The average Bonchev–Trinajstić information content (AvgIpc) is 2.93. The smallest absolute Gasteiger partial charge is 0.305 e. The molecule has 204 valence electrons. The van der Waals surface area contributed by atoms with Gasteiger partial charge in [-0.25, -0.2) is 0 Å². The van der Waals surface area contributed by atoms with Crippen LogP contribution in [-0.4, -0.2) is 39.2 Å². The second kappa shape index (κ2) is 18.0. The van der Waals surface area contributed by atoms with Crippen molar-refractivity contribution in [2.45, 2.75) is 77.0 Å². The lowest BCUT2D eigenvalue weighted by atomic mass is 9.69. The number of methoxy groups -OCH3 is 3. The Morgan fingerprint density at radius 2 is 1.17 bits per heavy atom. The summed E-state index contributed by atoms with van der Waals surface area (Å²) in [6, 6.07) is 0. The molecule has 2 rings (SSSR count). The molecule has 6 atom stereocenters. The molecule has 2 fully saturated rings. The lowest BCUT2D eigenvalue weighted by Gasteiger charge is -2.36. The van der Waals surface area contributed by atoms with Crippen molar-refractivity contribution in [3.63, 3.8) is 0 Å². The van der Waals surface area contributed by atoms with Gasteiger partial charge in [-0.15, -0.1) is 19.7 Å². The summed E-state index contributed by atoms with van der Waals surface area (Å²) >= 11 is 0. The predicted octanol–water partition coefficient (Wildman–Crippen LogP) is 6.46. The highest BCUT2D eigenvalue weighted by Gasteiger charge is 2.31. The standard InChI is InChI=1S/C18H30O6.C12H18/c1-22-16(19)9-5-13-4-6-14(7-10-17(20)23-2)15(12-13)8-11-18(21)24-3;1-4-10-7-8-11(5-2)12(6-3)9-10/h13-15H,4-12H2,1-3H3;4-6,10-12H,1-3,7-9H2. The average molecular weight is 505 g/mol. The molecule has 6 nitrogen and oxygen atoms in total. The van der Waals surface area contributed by atoms with E-state index in [9.17, 15) is 14.4 Å². The van der Waals surface area contributed by atoms with E-state index in [1.165, 1.54) is 40.6 Å². The van der Waals surface area contributed by atoms with Crippen LogP contribution in [0.2, 0.25) is 0 Å². The fraction of sp³-hybridized carbons (Fsp3) is 0.700. The quantitative estimate of drug-likeness (QED) is 0.172. The third-order valence-electron chi connectivity index (χ3n) is 8.06. The molecule has 0 heterocycles. The third kappa shape index (κ3) is 11.6. The molecule has 2 aliphatic rings. The highest BCUT2D eigenvalue weighted by Crippen LogP contribution is 2.41. The highest BCUT2D eigenvalue weighted by atomic mass is 16.5. The van der Waals surface area contributed by atoms with Gasteiger partial charge in [0.2, 0.25) is 0 Å². The molecule has 0 aromatic heterocycles. The zero-order valence-electron chi connectivity index (χ0n) is 22.8. The predicted molar refractivity (Wildman–Crippen MR) is 143 cm³/mol. The summed E-state index contributed by atoms with van der Waals surface area (Å²) in [6.45, 7) is 11.6. The van der Waals surface area contributed by atoms with Crippen LogP contribution in [0.1, 0.15) is 77.0 Å². The molecule has 2 aliphatic carbocycles. The normalized spacial score (nSPS) is 27.4. The van der Waals surface area contributed by atoms with Gasteiger partial charge in [0.25, 0.3) is 0 Å². The van der Waals surface area contributed by atoms with E-state index < -0.39 is 0 Å². The highest BCUT2D eigenvalue weighted by molar-refractivity contribution is 5.69. The molecule has 0 N–H and O–H groups in total. The second-order valence-electron chi connectivity index (χ2n) is 10.2. The molecule has 0 aliphatic heterocycles. The van der Waals surface area contributed by atoms with Crippen molar-refractivity contribution < 1.29 is 28.6 Å². The summed E-state index contributed by atoms with van der Waals surface area (Å²) in [5, 5.41) is 0. The van der Waals surface area contributed by atoms with Crippen LogP contribution in [0.5, 0.6) is 0 Å². The van der Waals surface area contributed by atoms with Crippen LogP contribution < -0.4 is 0 Å². The lowest BCUT2D eigenvalue weighted by Crippen LogP contribution is -2.27. The molecule has 0 radical (unpaired) electrons. The number of ether oxygens (including phenoxy) is 3. The van der Waals surface area contributed by atoms with Gasteiger partial charge in [-0.1, -0.05) is 24.6 Å². The van der Waals surface area contributed by atoms with E-state index in [4.69, 9.17) is 14.2 Å². The van der Waals surface area contributed by atoms with Crippen LogP contribution in [0.3, 0.4) is 0 Å². The summed E-state index contributed by atoms with van der Waals surface area (Å²) in [5.74, 6) is 2.69. The molecule has 0 aromatic rings. The first kappa shape index (κ1) is 31.7. The summed E-state index contributed by atoms with van der Waals surface area (Å²) in [4.78, 5) is 34.2.